The Morgan fingerprint density at radius 2 is 1.94 bits per heavy atom. The Labute approximate surface area is 112 Å². The minimum Gasteiger partial charge on any atom is -0.340 e. The van der Waals surface area contributed by atoms with Gasteiger partial charge in [-0.05, 0) is 23.7 Å². The molecule has 0 aliphatic heterocycles. The van der Waals surface area contributed by atoms with Crippen LogP contribution in [0.4, 0.5) is 11.5 Å². The fourth-order valence-electron chi connectivity index (χ4n) is 1.59. The Kier molecular flexibility index (Phi) is 2.77. The third kappa shape index (κ3) is 1.98. The zero-order valence-electron chi connectivity index (χ0n) is 8.98. The molecule has 18 heavy (non-hydrogen) atoms. The third-order valence-electron chi connectivity index (χ3n) is 2.39. The second-order valence-corrected chi connectivity index (χ2v) is 4.29. The minimum absolute atomic E-state index is 0.129. The van der Waals surface area contributed by atoms with Gasteiger partial charge < -0.3 is 10.3 Å². The van der Waals surface area contributed by atoms with Crippen LogP contribution in [0.1, 0.15) is 0 Å². The first-order valence-corrected chi connectivity index (χ1v) is 5.88. The number of halogens is 2. The molecule has 0 saturated carbocycles. The summed E-state index contributed by atoms with van der Waals surface area (Å²) in [5.41, 5.74) is 1.92. The molecule has 0 unspecified atom stereocenters. The molecule has 3 aromatic rings. The van der Waals surface area contributed by atoms with E-state index in [-0.39, 0.29) is 5.28 Å². The van der Waals surface area contributed by atoms with Gasteiger partial charge in [-0.25, -0.2) is 4.98 Å². The number of benzene rings is 1. The Balaban J connectivity index is 2.10. The number of aromatic amines is 1. The summed E-state index contributed by atoms with van der Waals surface area (Å²) in [6.07, 6.45) is 1.54. The molecule has 2 heterocycles. The van der Waals surface area contributed by atoms with Crippen molar-refractivity contribution in [2.75, 3.05) is 5.32 Å². The van der Waals surface area contributed by atoms with E-state index in [0.717, 1.165) is 5.69 Å². The molecule has 0 amide bonds. The number of fused-ring (bicyclic) bond motifs is 1. The van der Waals surface area contributed by atoms with Crippen LogP contribution in [0.25, 0.3) is 11.2 Å². The Hall–Kier alpha value is -1.85. The minimum atomic E-state index is 0.129. The van der Waals surface area contributed by atoms with Crippen LogP contribution in [0, 0.1) is 0 Å². The van der Waals surface area contributed by atoms with Crippen LogP contribution in [0.5, 0.6) is 0 Å². The smallest absolute Gasteiger partial charge is 0.226 e. The number of nitrogens with zero attached hydrogens (tertiary/aromatic N) is 3. The van der Waals surface area contributed by atoms with Crippen molar-refractivity contribution in [1.29, 1.82) is 0 Å². The topological polar surface area (TPSA) is 66.5 Å². The lowest BCUT2D eigenvalue weighted by Crippen LogP contribution is -1.97. The van der Waals surface area contributed by atoms with Crippen LogP contribution in [0.3, 0.4) is 0 Å². The highest BCUT2D eigenvalue weighted by molar-refractivity contribution is 6.33. The highest BCUT2D eigenvalue weighted by atomic mass is 35.5. The molecular formula is C11H7Cl2N5. The Morgan fingerprint density at radius 1 is 1.11 bits per heavy atom. The summed E-state index contributed by atoms with van der Waals surface area (Å²) in [4.78, 5) is 15.1. The van der Waals surface area contributed by atoms with Crippen LogP contribution in [0.15, 0.2) is 30.6 Å². The average molecular weight is 280 g/mol. The number of imidazole rings is 1. The number of H-pyrrole nitrogens is 1. The van der Waals surface area contributed by atoms with E-state index in [9.17, 15) is 0 Å². The van der Waals surface area contributed by atoms with E-state index in [1.807, 2.05) is 18.2 Å². The zero-order valence-corrected chi connectivity index (χ0v) is 10.5. The number of anilines is 2. The van der Waals surface area contributed by atoms with Crippen LogP contribution < -0.4 is 5.32 Å². The summed E-state index contributed by atoms with van der Waals surface area (Å²) in [7, 11) is 0. The summed E-state index contributed by atoms with van der Waals surface area (Å²) in [5.74, 6) is 0.538. The lowest BCUT2D eigenvalue weighted by atomic mass is 10.3. The van der Waals surface area contributed by atoms with Gasteiger partial charge in [-0.2, -0.15) is 9.97 Å². The number of para-hydroxylation sites is 1. The SMILES string of the molecule is Clc1nc(Nc2ccccc2Cl)c2[nH]cnc2n1. The van der Waals surface area contributed by atoms with Crippen molar-refractivity contribution < 1.29 is 0 Å². The van der Waals surface area contributed by atoms with Gasteiger partial charge >= 0.3 is 0 Å². The summed E-state index contributed by atoms with van der Waals surface area (Å²) < 4.78 is 0. The van der Waals surface area contributed by atoms with Gasteiger partial charge in [0.05, 0.1) is 17.0 Å². The molecule has 0 bridgehead atoms. The third-order valence-corrected chi connectivity index (χ3v) is 2.88. The fraction of sp³-hybridized carbons (Fsp3) is 0. The lowest BCUT2D eigenvalue weighted by Gasteiger charge is -2.07. The molecule has 0 radical (unpaired) electrons. The van der Waals surface area contributed by atoms with E-state index < -0.39 is 0 Å². The molecule has 2 aromatic heterocycles. The van der Waals surface area contributed by atoms with Gasteiger partial charge in [-0.3, -0.25) is 0 Å². The van der Waals surface area contributed by atoms with Crippen molar-refractivity contribution in [2.24, 2.45) is 0 Å². The van der Waals surface area contributed by atoms with E-state index in [4.69, 9.17) is 23.2 Å². The molecule has 0 aliphatic rings. The Bertz CT molecular complexity index is 709. The van der Waals surface area contributed by atoms with E-state index in [1.165, 1.54) is 6.33 Å². The second-order valence-electron chi connectivity index (χ2n) is 3.55. The van der Waals surface area contributed by atoms with Gasteiger partial charge in [-0.1, -0.05) is 23.7 Å². The van der Waals surface area contributed by atoms with Gasteiger partial charge in [-0.15, -0.1) is 0 Å². The van der Waals surface area contributed by atoms with E-state index in [1.54, 1.807) is 6.07 Å². The number of nitrogens with one attached hydrogen (secondary N) is 2. The standard InChI is InChI=1S/C11H7Cl2N5/c12-6-3-1-2-4-7(6)16-10-8-9(15-5-14-8)17-11(13)18-10/h1-5H,(H2,14,15,16,17,18). The maximum absolute atomic E-state index is 6.07. The van der Waals surface area contributed by atoms with Gasteiger partial charge in [0.2, 0.25) is 5.28 Å². The van der Waals surface area contributed by atoms with Crippen LogP contribution in [-0.2, 0) is 0 Å². The predicted octanol–water partition coefficient (Wildman–Crippen LogP) is 3.40. The zero-order chi connectivity index (χ0) is 12.5. The van der Waals surface area contributed by atoms with Crippen LogP contribution in [0.2, 0.25) is 10.3 Å². The molecule has 0 spiro atoms. The highest BCUT2D eigenvalue weighted by Gasteiger charge is 2.10. The molecular weight excluding hydrogens is 273 g/mol. The Morgan fingerprint density at radius 3 is 2.78 bits per heavy atom. The summed E-state index contributed by atoms with van der Waals surface area (Å²) >= 11 is 11.9. The summed E-state index contributed by atoms with van der Waals surface area (Å²) in [5, 5.41) is 3.83. The normalized spacial score (nSPS) is 10.8. The van der Waals surface area contributed by atoms with Crippen molar-refractivity contribution >= 4 is 45.9 Å². The first-order valence-electron chi connectivity index (χ1n) is 5.12. The van der Waals surface area contributed by atoms with E-state index in [2.05, 4.69) is 25.3 Å². The quantitative estimate of drug-likeness (QED) is 0.706. The molecule has 90 valence electrons. The summed E-state index contributed by atoms with van der Waals surface area (Å²) in [6, 6.07) is 7.37. The van der Waals surface area contributed by atoms with Gasteiger partial charge in [0.1, 0.15) is 5.52 Å². The van der Waals surface area contributed by atoms with Crippen LogP contribution in [-0.4, -0.2) is 19.9 Å². The van der Waals surface area contributed by atoms with Crippen molar-refractivity contribution in [3.8, 4) is 0 Å². The fourth-order valence-corrected chi connectivity index (χ4v) is 1.93. The maximum Gasteiger partial charge on any atom is 0.226 e. The molecule has 0 aliphatic carbocycles. The molecule has 7 heteroatoms. The highest BCUT2D eigenvalue weighted by Crippen LogP contribution is 2.27. The van der Waals surface area contributed by atoms with Gasteiger partial charge in [0, 0.05) is 0 Å². The van der Waals surface area contributed by atoms with Crippen molar-refractivity contribution in [3.63, 3.8) is 0 Å². The molecule has 0 fully saturated rings. The van der Waals surface area contributed by atoms with Gasteiger partial charge in [0.25, 0.3) is 0 Å². The first kappa shape index (κ1) is 11.3. The largest absolute Gasteiger partial charge is 0.340 e. The molecule has 3 rings (SSSR count). The molecule has 1 aromatic carbocycles. The number of hydrogen-bond donors (Lipinski definition) is 2. The average Bonchev–Trinajstić information content (AvgIpc) is 2.80. The predicted molar refractivity (Wildman–Crippen MR) is 71.4 cm³/mol. The van der Waals surface area contributed by atoms with E-state index >= 15 is 0 Å². The molecule has 5 nitrogen and oxygen atoms in total. The number of hydrogen-bond acceptors (Lipinski definition) is 4. The van der Waals surface area contributed by atoms with Crippen molar-refractivity contribution in [3.05, 3.63) is 40.9 Å². The number of aromatic nitrogens is 4. The molecule has 0 atom stereocenters. The lowest BCUT2D eigenvalue weighted by molar-refractivity contribution is 1.20. The van der Waals surface area contributed by atoms with Crippen molar-refractivity contribution in [1.82, 2.24) is 19.9 Å². The monoisotopic (exact) mass is 279 g/mol. The van der Waals surface area contributed by atoms with Crippen molar-refractivity contribution in [2.45, 2.75) is 0 Å². The second kappa shape index (κ2) is 4.44. The molecule has 2 N–H and O–H groups in total. The van der Waals surface area contributed by atoms with E-state index in [0.29, 0.717) is 22.0 Å². The maximum atomic E-state index is 6.07. The summed E-state index contributed by atoms with van der Waals surface area (Å²) in [6.45, 7) is 0. The first-order chi connectivity index (χ1) is 8.74. The number of rotatable bonds is 2. The van der Waals surface area contributed by atoms with Crippen LogP contribution >= 0.6 is 23.2 Å². The van der Waals surface area contributed by atoms with Gasteiger partial charge in [0.15, 0.2) is 11.5 Å². The molecule has 0 saturated heterocycles.